The average Bonchev–Trinajstić information content (AvgIpc) is 2.28. The lowest BCUT2D eigenvalue weighted by molar-refractivity contribution is -0.124. The van der Waals surface area contributed by atoms with Crippen LogP contribution in [0.15, 0.2) is 24.3 Å². The molecular weight excluding hydrogens is 234 g/mol. The molecule has 0 bridgehead atoms. The molecule has 1 rings (SSSR count). The normalized spacial score (nSPS) is 11.4. The molecule has 1 atom stereocenters. The van der Waals surface area contributed by atoms with Crippen LogP contribution < -0.4 is 16.4 Å². The van der Waals surface area contributed by atoms with Crippen molar-refractivity contribution in [2.45, 2.75) is 19.9 Å². The Kier molecular flexibility index (Phi) is 4.42. The first-order valence-electron chi connectivity index (χ1n) is 5.38. The number of hydrogen-bond acceptors (Lipinski definition) is 3. The van der Waals surface area contributed by atoms with Gasteiger partial charge in [-0.15, -0.1) is 0 Å². The van der Waals surface area contributed by atoms with Gasteiger partial charge in [0.25, 0.3) is 5.91 Å². The third kappa shape index (κ3) is 3.58. The number of nitrogens with two attached hydrogens (primary N) is 1. The summed E-state index contributed by atoms with van der Waals surface area (Å²) in [5.41, 5.74) is 5.74. The van der Waals surface area contributed by atoms with E-state index in [0.29, 0.717) is 5.69 Å². The number of para-hydroxylation sites is 1. The van der Waals surface area contributed by atoms with E-state index in [9.17, 15) is 14.4 Å². The second kappa shape index (κ2) is 5.81. The summed E-state index contributed by atoms with van der Waals surface area (Å²) in [6.45, 7) is 2.87. The van der Waals surface area contributed by atoms with Crippen molar-refractivity contribution in [3.05, 3.63) is 29.8 Å². The van der Waals surface area contributed by atoms with E-state index in [1.807, 2.05) is 0 Å². The molecule has 0 aliphatic heterocycles. The maximum Gasteiger partial charge on any atom is 0.250 e. The van der Waals surface area contributed by atoms with Crippen molar-refractivity contribution in [1.82, 2.24) is 5.32 Å². The topological polar surface area (TPSA) is 101 Å². The van der Waals surface area contributed by atoms with Crippen molar-refractivity contribution >= 4 is 23.4 Å². The molecule has 0 aliphatic carbocycles. The Hall–Kier alpha value is -2.37. The highest BCUT2D eigenvalue weighted by Crippen LogP contribution is 2.14. The van der Waals surface area contributed by atoms with Gasteiger partial charge in [0.15, 0.2) is 0 Å². The fourth-order valence-corrected chi connectivity index (χ4v) is 1.42. The minimum absolute atomic E-state index is 0.223. The molecule has 18 heavy (non-hydrogen) atoms. The molecule has 0 unspecified atom stereocenters. The van der Waals surface area contributed by atoms with Gasteiger partial charge in [0.2, 0.25) is 11.8 Å². The summed E-state index contributed by atoms with van der Waals surface area (Å²) in [5.74, 6) is -1.35. The summed E-state index contributed by atoms with van der Waals surface area (Å²) in [6.07, 6.45) is 0. The summed E-state index contributed by atoms with van der Waals surface area (Å²) in [5, 5.41) is 4.99. The fraction of sp³-hybridized carbons (Fsp3) is 0.250. The standard InChI is InChI=1S/C12H15N3O3/c1-7(14-8(2)16)12(18)15-10-6-4-3-5-9(10)11(13)17/h3-7H,1-2H3,(H2,13,17)(H,14,16)(H,15,18)/t7-/m0/s1. The van der Waals surface area contributed by atoms with Crippen LogP contribution in [0.2, 0.25) is 0 Å². The first kappa shape index (κ1) is 13.7. The zero-order valence-electron chi connectivity index (χ0n) is 10.2. The van der Waals surface area contributed by atoms with Crippen molar-refractivity contribution in [3.8, 4) is 0 Å². The van der Waals surface area contributed by atoms with E-state index in [-0.39, 0.29) is 11.5 Å². The summed E-state index contributed by atoms with van der Waals surface area (Å²) >= 11 is 0. The molecule has 3 amide bonds. The van der Waals surface area contributed by atoms with Gasteiger partial charge in [0.05, 0.1) is 11.3 Å². The summed E-state index contributed by atoms with van der Waals surface area (Å²) in [6, 6.07) is 5.71. The second-order valence-corrected chi connectivity index (χ2v) is 3.82. The van der Waals surface area contributed by atoms with Crippen LogP contribution in [0, 0.1) is 0 Å². The number of nitrogens with one attached hydrogen (secondary N) is 2. The predicted octanol–water partition coefficient (Wildman–Crippen LogP) is 0.249. The van der Waals surface area contributed by atoms with Gasteiger partial charge in [-0.1, -0.05) is 12.1 Å². The van der Waals surface area contributed by atoms with Crippen molar-refractivity contribution in [2.75, 3.05) is 5.32 Å². The Labute approximate surface area is 105 Å². The molecule has 96 valence electrons. The largest absolute Gasteiger partial charge is 0.366 e. The SMILES string of the molecule is CC(=O)N[C@@H](C)C(=O)Nc1ccccc1C(N)=O. The molecule has 4 N–H and O–H groups in total. The van der Waals surface area contributed by atoms with Gasteiger partial charge in [-0.3, -0.25) is 14.4 Å². The number of carbonyl (C=O) groups is 3. The Balaban J connectivity index is 2.82. The van der Waals surface area contributed by atoms with Crippen LogP contribution in [0.4, 0.5) is 5.69 Å². The van der Waals surface area contributed by atoms with Crippen molar-refractivity contribution < 1.29 is 14.4 Å². The summed E-state index contributed by atoms with van der Waals surface area (Å²) in [7, 11) is 0. The highest BCUT2D eigenvalue weighted by atomic mass is 16.2. The van der Waals surface area contributed by atoms with Gasteiger partial charge in [0.1, 0.15) is 6.04 Å². The van der Waals surface area contributed by atoms with Gasteiger partial charge in [-0.2, -0.15) is 0 Å². The quantitative estimate of drug-likeness (QED) is 0.712. The molecule has 6 heteroatoms. The number of amides is 3. The molecule has 0 radical (unpaired) electrons. The molecular formula is C12H15N3O3. The van der Waals surface area contributed by atoms with Gasteiger partial charge in [0, 0.05) is 6.92 Å². The molecule has 0 spiro atoms. The summed E-state index contributed by atoms with van der Waals surface area (Å²) in [4.78, 5) is 33.7. The number of carbonyl (C=O) groups excluding carboxylic acids is 3. The number of primary amides is 1. The Morgan fingerprint density at radius 1 is 1.22 bits per heavy atom. The predicted molar refractivity (Wildman–Crippen MR) is 66.9 cm³/mol. The number of hydrogen-bond donors (Lipinski definition) is 3. The molecule has 0 aromatic heterocycles. The zero-order chi connectivity index (χ0) is 13.7. The van der Waals surface area contributed by atoms with Crippen LogP contribution in [-0.4, -0.2) is 23.8 Å². The molecule has 1 aromatic rings. The van der Waals surface area contributed by atoms with Crippen LogP contribution in [-0.2, 0) is 9.59 Å². The van der Waals surface area contributed by atoms with Gasteiger partial charge in [-0.05, 0) is 19.1 Å². The van der Waals surface area contributed by atoms with Gasteiger partial charge in [-0.25, -0.2) is 0 Å². The average molecular weight is 249 g/mol. The second-order valence-electron chi connectivity index (χ2n) is 3.82. The molecule has 1 aromatic carbocycles. The first-order chi connectivity index (χ1) is 8.41. The van der Waals surface area contributed by atoms with E-state index in [0.717, 1.165) is 0 Å². The van der Waals surface area contributed by atoms with E-state index in [1.54, 1.807) is 25.1 Å². The maximum absolute atomic E-state index is 11.7. The van der Waals surface area contributed by atoms with E-state index < -0.39 is 17.9 Å². The van der Waals surface area contributed by atoms with E-state index >= 15 is 0 Å². The fourth-order valence-electron chi connectivity index (χ4n) is 1.42. The lowest BCUT2D eigenvalue weighted by Crippen LogP contribution is -2.40. The maximum atomic E-state index is 11.7. The zero-order valence-corrected chi connectivity index (χ0v) is 10.2. The van der Waals surface area contributed by atoms with Crippen LogP contribution in [0.1, 0.15) is 24.2 Å². The number of benzene rings is 1. The Morgan fingerprint density at radius 2 is 1.83 bits per heavy atom. The highest BCUT2D eigenvalue weighted by molar-refractivity contribution is 6.04. The lowest BCUT2D eigenvalue weighted by atomic mass is 10.1. The van der Waals surface area contributed by atoms with Gasteiger partial charge < -0.3 is 16.4 Å². The number of anilines is 1. The highest BCUT2D eigenvalue weighted by Gasteiger charge is 2.16. The molecule has 0 fully saturated rings. The van der Waals surface area contributed by atoms with Crippen LogP contribution in [0.3, 0.4) is 0 Å². The van der Waals surface area contributed by atoms with Crippen LogP contribution in [0.5, 0.6) is 0 Å². The lowest BCUT2D eigenvalue weighted by Gasteiger charge is -2.14. The molecule has 0 heterocycles. The van der Waals surface area contributed by atoms with Gasteiger partial charge >= 0.3 is 0 Å². The van der Waals surface area contributed by atoms with Crippen LogP contribution in [0.25, 0.3) is 0 Å². The third-order valence-electron chi connectivity index (χ3n) is 2.26. The minimum atomic E-state index is -0.691. The smallest absolute Gasteiger partial charge is 0.250 e. The van der Waals surface area contributed by atoms with E-state index in [2.05, 4.69) is 10.6 Å². The van der Waals surface area contributed by atoms with Crippen molar-refractivity contribution in [1.29, 1.82) is 0 Å². The molecule has 0 saturated heterocycles. The molecule has 0 aliphatic rings. The summed E-state index contributed by atoms with van der Waals surface area (Å²) < 4.78 is 0. The monoisotopic (exact) mass is 249 g/mol. The van der Waals surface area contributed by atoms with Crippen molar-refractivity contribution in [3.63, 3.8) is 0 Å². The van der Waals surface area contributed by atoms with E-state index in [4.69, 9.17) is 5.73 Å². The Bertz CT molecular complexity index is 485. The van der Waals surface area contributed by atoms with Crippen LogP contribution >= 0.6 is 0 Å². The molecule has 6 nitrogen and oxygen atoms in total. The Morgan fingerprint density at radius 3 is 2.39 bits per heavy atom. The minimum Gasteiger partial charge on any atom is -0.366 e. The van der Waals surface area contributed by atoms with Crippen molar-refractivity contribution in [2.24, 2.45) is 5.73 Å². The molecule has 0 saturated carbocycles. The third-order valence-corrected chi connectivity index (χ3v) is 2.26. The first-order valence-corrected chi connectivity index (χ1v) is 5.38. The van der Waals surface area contributed by atoms with E-state index in [1.165, 1.54) is 13.0 Å². The number of rotatable bonds is 4.